The molecule has 0 unspecified atom stereocenters. The number of hydrogen-bond acceptors (Lipinski definition) is 5. The van der Waals surface area contributed by atoms with Crippen LogP contribution in [0.15, 0.2) is 47.2 Å². The van der Waals surface area contributed by atoms with Gasteiger partial charge >= 0.3 is 0 Å². The van der Waals surface area contributed by atoms with Crippen molar-refractivity contribution in [2.24, 2.45) is 0 Å². The van der Waals surface area contributed by atoms with Crippen LogP contribution >= 0.6 is 22.7 Å². The predicted octanol–water partition coefficient (Wildman–Crippen LogP) is 4.88. The molecule has 4 nitrogen and oxygen atoms in total. The topological polar surface area (TPSA) is 42.4 Å². The van der Waals surface area contributed by atoms with E-state index < -0.39 is 0 Å². The van der Waals surface area contributed by atoms with E-state index in [9.17, 15) is 4.79 Å². The summed E-state index contributed by atoms with van der Waals surface area (Å²) in [4.78, 5) is 20.6. The third-order valence-electron chi connectivity index (χ3n) is 4.19. The fourth-order valence-electron chi connectivity index (χ4n) is 3.01. The van der Waals surface area contributed by atoms with E-state index >= 15 is 0 Å². The summed E-state index contributed by atoms with van der Waals surface area (Å²) in [6.07, 6.45) is 1.09. The summed E-state index contributed by atoms with van der Waals surface area (Å²) in [7, 11) is 0. The third-order valence-corrected chi connectivity index (χ3v) is 6.18. The number of carbonyl (C=O) groups excluding carboxylic acids is 1. The molecule has 0 saturated heterocycles. The van der Waals surface area contributed by atoms with Crippen LogP contribution in [0.3, 0.4) is 0 Å². The van der Waals surface area contributed by atoms with Crippen LogP contribution in [0.1, 0.15) is 28.7 Å². The van der Waals surface area contributed by atoms with E-state index in [1.54, 1.807) is 16.2 Å². The average Bonchev–Trinajstić information content (AvgIpc) is 3.26. The van der Waals surface area contributed by atoms with Crippen LogP contribution < -0.4 is 4.90 Å². The van der Waals surface area contributed by atoms with Crippen LogP contribution in [0.4, 0.5) is 10.8 Å². The van der Waals surface area contributed by atoms with Gasteiger partial charge in [0, 0.05) is 10.3 Å². The predicted molar refractivity (Wildman–Crippen MR) is 102 cm³/mol. The number of thiazole rings is 1. The third kappa shape index (κ3) is 3.38. The molecule has 0 radical (unpaired) electrons. The lowest BCUT2D eigenvalue weighted by atomic mass is 10.0. The van der Waals surface area contributed by atoms with Gasteiger partial charge in [-0.05, 0) is 42.5 Å². The Morgan fingerprint density at radius 2 is 2.12 bits per heavy atom. The molecule has 0 aliphatic carbocycles. The van der Waals surface area contributed by atoms with Crippen molar-refractivity contribution in [3.63, 3.8) is 0 Å². The summed E-state index contributed by atoms with van der Waals surface area (Å²) in [5, 5.41) is 4.75. The van der Waals surface area contributed by atoms with Crippen LogP contribution in [0.25, 0.3) is 0 Å². The summed E-state index contributed by atoms with van der Waals surface area (Å²) in [5.41, 5.74) is 3.07. The van der Waals surface area contributed by atoms with Crippen molar-refractivity contribution in [3.05, 3.63) is 63.3 Å². The van der Waals surface area contributed by atoms with Crippen molar-refractivity contribution >= 4 is 39.4 Å². The first-order chi connectivity index (χ1) is 12.2. The summed E-state index contributed by atoms with van der Waals surface area (Å²) in [6.45, 7) is 2.61. The maximum Gasteiger partial charge on any atom is 0.236 e. The highest BCUT2D eigenvalue weighted by molar-refractivity contribution is 7.14. The molecule has 6 heteroatoms. The molecule has 0 fully saturated rings. The molecule has 1 amide bonds. The highest BCUT2D eigenvalue weighted by atomic mass is 32.1. The van der Waals surface area contributed by atoms with E-state index in [0.29, 0.717) is 18.2 Å². The van der Waals surface area contributed by atoms with Crippen LogP contribution in [0.2, 0.25) is 0 Å². The number of aromatic nitrogens is 1. The molecule has 3 heterocycles. The van der Waals surface area contributed by atoms with E-state index in [2.05, 4.69) is 16.4 Å². The van der Waals surface area contributed by atoms with Crippen molar-refractivity contribution < 1.29 is 9.53 Å². The minimum absolute atomic E-state index is 0.00630. The Kier molecular flexibility index (Phi) is 4.65. The van der Waals surface area contributed by atoms with Crippen molar-refractivity contribution in [2.45, 2.75) is 25.9 Å². The number of para-hydroxylation sites is 1. The van der Waals surface area contributed by atoms with E-state index in [0.717, 1.165) is 17.8 Å². The Labute approximate surface area is 154 Å². The van der Waals surface area contributed by atoms with E-state index in [-0.39, 0.29) is 12.0 Å². The lowest BCUT2D eigenvalue weighted by Gasteiger charge is -2.26. The molecule has 0 N–H and O–H groups in total. The first-order valence-corrected chi connectivity index (χ1v) is 9.96. The lowest BCUT2D eigenvalue weighted by Crippen LogP contribution is -2.29. The number of hydrogen-bond donors (Lipinski definition) is 0. The Morgan fingerprint density at radius 1 is 1.28 bits per heavy atom. The van der Waals surface area contributed by atoms with Crippen molar-refractivity contribution in [1.29, 1.82) is 0 Å². The van der Waals surface area contributed by atoms with E-state index in [4.69, 9.17) is 4.74 Å². The second-order valence-corrected chi connectivity index (χ2v) is 7.74. The fraction of sp³-hybridized carbons (Fsp3) is 0.263. The smallest absolute Gasteiger partial charge is 0.236 e. The van der Waals surface area contributed by atoms with Crippen molar-refractivity contribution in [2.75, 3.05) is 11.5 Å². The molecular weight excluding hydrogens is 352 g/mol. The largest absolute Gasteiger partial charge is 0.372 e. The van der Waals surface area contributed by atoms with Gasteiger partial charge in [0.1, 0.15) is 6.10 Å². The molecule has 3 aromatic rings. The lowest BCUT2D eigenvalue weighted by molar-refractivity contribution is -0.121. The normalized spacial score (nSPS) is 16.4. The second kappa shape index (κ2) is 7.07. The van der Waals surface area contributed by atoms with Crippen molar-refractivity contribution in [1.82, 2.24) is 4.98 Å². The molecular formula is C19H18N2O2S2. The Balaban J connectivity index is 1.63. The number of carbonyl (C=O) groups is 1. The van der Waals surface area contributed by atoms with Crippen LogP contribution in [0.5, 0.6) is 0 Å². The quantitative estimate of drug-likeness (QED) is 0.657. The zero-order valence-electron chi connectivity index (χ0n) is 13.8. The Hall–Kier alpha value is -2.02. The van der Waals surface area contributed by atoms with Gasteiger partial charge in [-0.2, -0.15) is 0 Å². The summed E-state index contributed by atoms with van der Waals surface area (Å²) >= 11 is 3.16. The fourth-order valence-corrected chi connectivity index (χ4v) is 4.85. The number of amides is 1. The molecule has 128 valence electrons. The van der Waals surface area contributed by atoms with Gasteiger partial charge in [-0.15, -0.1) is 22.7 Å². The molecule has 2 aromatic heterocycles. The number of aryl methyl sites for hydroxylation is 1. The van der Waals surface area contributed by atoms with Crippen LogP contribution in [0, 0.1) is 6.92 Å². The first-order valence-electron chi connectivity index (χ1n) is 8.20. The number of benzene rings is 1. The van der Waals surface area contributed by atoms with Gasteiger partial charge < -0.3 is 4.74 Å². The molecule has 0 saturated carbocycles. The summed E-state index contributed by atoms with van der Waals surface area (Å²) in [6, 6.07) is 11.8. The van der Waals surface area contributed by atoms with Gasteiger partial charge in [-0.3, -0.25) is 9.69 Å². The molecule has 1 atom stereocenters. The molecule has 1 aliphatic heterocycles. The number of thiophene rings is 1. The minimum Gasteiger partial charge on any atom is -0.372 e. The maximum atomic E-state index is 13.2. The van der Waals surface area contributed by atoms with Gasteiger partial charge in [0.15, 0.2) is 5.13 Å². The van der Waals surface area contributed by atoms with Gasteiger partial charge in [0.2, 0.25) is 5.91 Å². The van der Waals surface area contributed by atoms with Crippen LogP contribution in [-0.2, 0) is 16.0 Å². The monoisotopic (exact) mass is 370 g/mol. The molecule has 4 rings (SSSR count). The Morgan fingerprint density at radius 3 is 2.88 bits per heavy atom. The minimum atomic E-state index is -0.163. The molecule has 1 aliphatic rings. The summed E-state index contributed by atoms with van der Waals surface area (Å²) < 4.78 is 5.91. The van der Waals surface area contributed by atoms with Gasteiger partial charge in [0.25, 0.3) is 0 Å². The standard InChI is InChI=1S/C19H18N2O2S2/c1-13-12-25-19(20-13)21(15-5-3-2-4-6-15)17(22)11-16-18-14(7-9-23-16)8-10-24-18/h2-6,8,10,12,16H,7,9,11H2,1H3/t16-/m1/s1. The second-order valence-electron chi connectivity index (χ2n) is 5.96. The van der Waals surface area contributed by atoms with Crippen molar-refractivity contribution in [3.8, 4) is 0 Å². The molecule has 0 bridgehead atoms. The number of fused-ring (bicyclic) bond motifs is 1. The highest BCUT2D eigenvalue weighted by Gasteiger charge is 2.29. The number of ether oxygens (including phenoxy) is 1. The zero-order chi connectivity index (χ0) is 17.2. The van der Waals surface area contributed by atoms with Gasteiger partial charge in [-0.1, -0.05) is 18.2 Å². The van der Waals surface area contributed by atoms with E-state index in [1.807, 2.05) is 42.6 Å². The highest BCUT2D eigenvalue weighted by Crippen LogP contribution is 2.36. The average molecular weight is 370 g/mol. The first kappa shape index (κ1) is 16.4. The molecule has 0 spiro atoms. The molecule has 1 aromatic carbocycles. The zero-order valence-corrected chi connectivity index (χ0v) is 15.5. The molecule has 25 heavy (non-hydrogen) atoms. The number of nitrogens with zero attached hydrogens (tertiary/aromatic N) is 2. The number of anilines is 2. The van der Waals surface area contributed by atoms with Gasteiger partial charge in [0.05, 0.1) is 24.4 Å². The van der Waals surface area contributed by atoms with Crippen LogP contribution in [-0.4, -0.2) is 17.5 Å². The summed E-state index contributed by atoms with van der Waals surface area (Å²) in [5.74, 6) is 0.00630. The number of rotatable bonds is 4. The van der Waals surface area contributed by atoms with E-state index in [1.165, 1.54) is 21.8 Å². The SMILES string of the molecule is Cc1csc(N(C(=O)C[C@H]2OCCc3ccsc32)c2ccccc2)n1. The maximum absolute atomic E-state index is 13.2. The van der Waals surface area contributed by atoms with Gasteiger partial charge in [-0.25, -0.2) is 4.98 Å². The Bertz CT molecular complexity index is 872.